The highest BCUT2D eigenvalue weighted by Crippen LogP contribution is 2.16. The summed E-state index contributed by atoms with van der Waals surface area (Å²) in [7, 11) is 0. The zero-order valence-electron chi connectivity index (χ0n) is 6.85. The van der Waals surface area contributed by atoms with Crippen LogP contribution >= 0.6 is 0 Å². The first-order valence-corrected chi connectivity index (χ1v) is 3.61. The lowest BCUT2D eigenvalue weighted by molar-refractivity contribution is 0.0989. The Morgan fingerprint density at radius 2 is 1.79 bits per heavy atom. The summed E-state index contributed by atoms with van der Waals surface area (Å²) in [6.07, 6.45) is -0.639. The summed E-state index contributed by atoms with van der Waals surface area (Å²) >= 11 is 0. The number of ketones is 1. The van der Waals surface area contributed by atoms with E-state index in [4.69, 9.17) is 5.26 Å². The van der Waals surface area contributed by atoms with Crippen molar-refractivity contribution in [2.45, 2.75) is 6.42 Å². The fraction of sp³-hybridized carbons (Fsp3) is 0.111. The van der Waals surface area contributed by atoms with E-state index in [1.165, 1.54) is 6.07 Å². The van der Waals surface area contributed by atoms with E-state index in [1.807, 2.05) is 0 Å². The molecule has 0 aromatic heterocycles. The van der Waals surface area contributed by atoms with Crippen molar-refractivity contribution in [3.05, 3.63) is 35.1 Å². The zero-order valence-corrected chi connectivity index (χ0v) is 6.85. The van der Waals surface area contributed by atoms with Gasteiger partial charge in [0.1, 0.15) is 17.5 Å². The summed E-state index contributed by atoms with van der Waals surface area (Å²) in [5.74, 6) is -4.68. The van der Waals surface area contributed by atoms with Crippen LogP contribution < -0.4 is 0 Å². The lowest BCUT2D eigenvalue weighted by Crippen LogP contribution is -2.05. The normalized spacial score (nSPS) is 9.57. The molecule has 0 aliphatic rings. The number of halogens is 3. The molecule has 2 nitrogen and oxygen atoms in total. The molecule has 5 heteroatoms. The van der Waals surface area contributed by atoms with Crippen molar-refractivity contribution in [3.8, 4) is 6.07 Å². The highest BCUT2D eigenvalue weighted by molar-refractivity contribution is 5.97. The predicted octanol–water partition coefficient (Wildman–Crippen LogP) is 2.20. The van der Waals surface area contributed by atoms with Crippen LogP contribution in [-0.2, 0) is 0 Å². The van der Waals surface area contributed by atoms with Gasteiger partial charge in [0.05, 0.1) is 18.1 Å². The Morgan fingerprint density at radius 3 is 2.21 bits per heavy atom. The molecule has 0 heterocycles. The summed E-state index contributed by atoms with van der Waals surface area (Å²) in [5.41, 5.74) is -0.868. The maximum absolute atomic E-state index is 12.9. The maximum atomic E-state index is 12.9. The van der Waals surface area contributed by atoms with Gasteiger partial charge in [-0.1, -0.05) is 0 Å². The largest absolute Gasteiger partial charge is 0.293 e. The molecule has 72 valence electrons. The summed E-state index contributed by atoms with van der Waals surface area (Å²) in [6.45, 7) is 0. The van der Waals surface area contributed by atoms with Crippen LogP contribution in [0.2, 0.25) is 0 Å². The van der Waals surface area contributed by atoms with E-state index in [0.717, 1.165) is 0 Å². The standard InChI is InChI=1S/C9H4F3NO/c10-5-3-6(11)9(7(12)4-5)8(14)1-2-13/h3-4H,1H2. The average molecular weight is 199 g/mol. The number of Topliss-reactive ketones (excluding diaryl/α,β-unsaturated/α-hetero) is 1. The Labute approximate surface area is 77.6 Å². The monoisotopic (exact) mass is 199 g/mol. The summed E-state index contributed by atoms with van der Waals surface area (Å²) in [4.78, 5) is 11.0. The van der Waals surface area contributed by atoms with Gasteiger partial charge in [-0.25, -0.2) is 13.2 Å². The Balaban J connectivity index is 3.22. The first-order chi connectivity index (χ1) is 6.56. The number of hydrogen-bond acceptors (Lipinski definition) is 2. The summed E-state index contributed by atoms with van der Waals surface area (Å²) < 4.78 is 38.2. The first kappa shape index (κ1) is 10.3. The van der Waals surface area contributed by atoms with Gasteiger partial charge in [0, 0.05) is 12.1 Å². The van der Waals surface area contributed by atoms with Crippen molar-refractivity contribution in [2.75, 3.05) is 0 Å². The molecule has 0 amide bonds. The van der Waals surface area contributed by atoms with Crippen LogP contribution in [0, 0.1) is 28.8 Å². The average Bonchev–Trinajstić information content (AvgIpc) is 2.01. The Morgan fingerprint density at radius 1 is 1.29 bits per heavy atom. The lowest BCUT2D eigenvalue weighted by atomic mass is 10.1. The second kappa shape index (κ2) is 3.92. The number of hydrogen-bond donors (Lipinski definition) is 0. The first-order valence-electron chi connectivity index (χ1n) is 3.61. The third-order valence-corrected chi connectivity index (χ3v) is 1.53. The molecule has 0 bridgehead atoms. The molecule has 0 fully saturated rings. The van der Waals surface area contributed by atoms with Gasteiger partial charge in [0.15, 0.2) is 5.78 Å². The Kier molecular flexibility index (Phi) is 2.87. The molecule has 0 atom stereocenters. The molecule has 0 saturated carbocycles. The highest BCUT2D eigenvalue weighted by Gasteiger charge is 2.18. The zero-order chi connectivity index (χ0) is 10.7. The van der Waals surface area contributed by atoms with Crippen LogP contribution in [0.5, 0.6) is 0 Å². The summed E-state index contributed by atoms with van der Waals surface area (Å²) in [5, 5.41) is 8.14. The number of nitriles is 1. The molecule has 0 spiro atoms. The van der Waals surface area contributed by atoms with Crippen LogP contribution in [0.3, 0.4) is 0 Å². The lowest BCUT2D eigenvalue weighted by Gasteiger charge is -2.00. The Hall–Kier alpha value is -1.83. The van der Waals surface area contributed by atoms with E-state index >= 15 is 0 Å². The second-order valence-corrected chi connectivity index (χ2v) is 2.50. The minimum Gasteiger partial charge on any atom is -0.293 e. The molecule has 0 unspecified atom stereocenters. The fourth-order valence-electron chi connectivity index (χ4n) is 0.969. The van der Waals surface area contributed by atoms with Gasteiger partial charge < -0.3 is 0 Å². The van der Waals surface area contributed by atoms with E-state index < -0.39 is 35.2 Å². The molecular weight excluding hydrogens is 195 g/mol. The Bertz CT molecular complexity index is 400. The molecule has 1 aromatic carbocycles. The van der Waals surface area contributed by atoms with Gasteiger partial charge in [-0.15, -0.1) is 0 Å². The van der Waals surface area contributed by atoms with Crippen LogP contribution in [-0.4, -0.2) is 5.78 Å². The van der Waals surface area contributed by atoms with Crippen molar-refractivity contribution >= 4 is 5.78 Å². The smallest absolute Gasteiger partial charge is 0.182 e. The van der Waals surface area contributed by atoms with Gasteiger partial charge >= 0.3 is 0 Å². The van der Waals surface area contributed by atoms with E-state index in [9.17, 15) is 18.0 Å². The minimum absolute atomic E-state index is 0.397. The second-order valence-electron chi connectivity index (χ2n) is 2.50. The summed E-state index contributed by atoms with van der Waals surface area (Å²) in [6, 6.07) is 2.25. The quantitative estimate of drug-likeness (QED) is 0.685. The SMILES string of the molecule is N#CCC(=O)c1c(F)cc(F)cc1F. The third kappa shape index (κ3) is 1.91. The van der Waals surface area contributed by atoms with Crippen molar-refractivity contribution in [2.24, 2.45) is 0 Å². The molecule has 14 heavy (non-hydrogen) atoms. The van der Waals surface area contributed by atoms with E-state index in [-0.39, 0.29) is 0 Å². The number of benzene rings is 1. The number of rotatable bonds is 2. The van der Waals surface area contributed by atoms with Crippen LogP contribution in [0.4, 0.5) is 13.2 Å². The van der Waals surface area contributed by atoms with E-state index in [1.54, 1.807) is 0 Å². The van der Waals surface area contributed by atoms with Gasteiger partial charge in [0.2, 0.25) is 0 Å². The third-order valence-electron chi connectivity index (χ3n) is 1.53. The highest BCUT2D eigenvalue weighted by atomic mass is 19.1. The molecule has 0 aliphatic carbocycles. The maximum Gasteiger partial charge on any atom is 0.182 e. The van der Waals surface area contributed by atoms with Crippen molar-refractivity contribution in [1.29, 1.82) is 5.26 Å². The van der Waals surface area contributed by atoms with Gasteiger partial charge in [0.25, 0.3) is 0 Å². The van der Waals surface area contributed by atoms with Gasteiger partial charge in [-0.05, 0) is 0 Å². The molecule has 1 rings (SSSR count). The van der Waals surface area contributed by atoms with Gasteiger partial charge in [-0.3, -0.25) is 4.79 Å². The van der Waals surface area contributed by atoms with Crippen LogP contribution in [0.15, 0.2) is 12.1 Å². The van der Waals surface area contributed by atoms with Crippen molar-refractivity contribution in [3.63, 3.8) is 0 Å². The van der Waals surface area contributed by atoms with Crippen molar-refractivity contribution < 1.29 is 18.0 Å². The molecule has 0 N–H and O–H groups in total. The fourth-order valence-corrected chi connectivity index (χ4v) is 0.969. The van der Waals surface area contributed by atoms with Crippen molar-refractivity contribution in [1.82, 2.24) is 0 Å². The van der Waals surface area contributed by atoms with Crippen LogP contribution in [0.25, 0.3) is 0 Å². The predicted molar refractivity (Wildman–Crippen MR) is 40.9 cm³/mol. The number of carbonyl (C=O) groups is 1. The number of carbonyl (C=O) groups excluding carboxylic acids is 1. The van der Waals surface area contributed by atoms with Crippen LogP contribution in [0.1, 0.15) is 16.8 Å². The molecule has 0 aliphatic heterocycles. The molecule has 0 radical (unpaired) electrons. The van der Waals surface area contributed by atoms with Gasteiger partial charge in [-0.2, -0.15) is 5.26 Å². The van der Waals surface area contributed by atoms with E-state index in [0.29, 0.717) is 12.1 Å². The molecular formula is C9H4F3NO. The molecule has 0 saturated heterocycles. The topological polar surface area (TPSA) is 40.9 Å². The van der Waals surface area contributed by atoms with E-state index in [2.05, 4.69) is 0 Å². The molecule has 1 aromatic rings. The number of nitrogens with zero attached hydrogens (tertiary/aromatic N) is 1. The minimum atomic E-state index is -1.29.